The van der Waals surface area contributed by atoms with Crippen molar-refractivity contribution in [3.63, 3.8) is 0 Å². The highest BCUT2D eigenvalue weighted by Crippen LogP contribution is 2.14. The third-order valence-electron chi connectivity index (χ3n) is 4.65. The number of esters is 1. The number of piperazine rings is 1. The average Bonchev–Trinajstić information content (AvgIpc) is 3.15. The van der Waals surface area contributed by atoms with E-state index in [-0.39, 0.29) is 5.91 Å². The van der Waals surface area contributed by atoms with Crippen LogP contribution in [0.25, 0.3) is 0 Å². The molecule has 3 amide bonds. The van der Waals surface area contributed by atoms with Gasteiger partial charge in [0.25, 0.3) is 0 Å². The predicted octanol–water partition coefficient (Wildman–Crippen LogP) is -0.521. The first kappa shape index (κ1) is 18.2. The summed E-state index contributed by atoms with van der Waals surface area (Å²) in [6.07, 6.45) is 2.25. The molecule has 0 aromatic rings. The number of rotatable bonds is 3. The average molecular weight is 339 g/mol. The van der Waals surface area contributed by atoms with Gasteiger partial charge in [0, 0.05) is 39.3 Å². The molecule has 0 N–H and O–H groups in total. The van der Waals surface area contributed by atoms with Crippen molar-refractivity contribution < 1.29 is 23.9 Å². The summed E-state index contributed by atoms with van der Waals surface area (Å²) >= 11 is 0. The van der Waals surface area contributed by atoms with Gasteiger partial charge in [-0.3, -0.25) is 19.2 Å². The topological polar surface area (TPSA) is 87.2 Å². The molecule has 2 heterocycles. The zero-order chi connectivity index (χ0) is 17.7. The molecule has 0 aliphatic carbocycles. The van der Waals surface area contributed by atoms with Crippen molar-refractivity contribution in [1.29, 1.82) is 0 Å². The minimum Gasteiger partial charge on any atom is -0.468 e. The number of carbonyl (C=O) groups is 4. The maximum atomic E-state index is 12.4. The van der Waals surface area contributed by atoms with E-state index < -0.39 is 23.7 Å². The summed E-state index contributed by atoms with van der Waals surface area (Å²) in [5.41, 5.74) is 0. The number of hydrogen-bond donors (Lipinski definition) is 0. The third kappa shape index (κ3) is 3.85. The number of carbonyl (C=O) groups excluding carboxylic acids is 4. The van der Waals surface area contributed by atoms with Crippen LogP contribution in [-0.4, -0.2) is 84.8 Å². The van der Waals surface area contributed by atoms with Gasteiger partial charge in [0.05, 0.1) is 7.11 Å². The minimum absolute atomic E-state index is 0.276. The van der Waals surface area contributed by atoms with E-state index in [2.05, 4.69) is 4.74 Å². The molecular formula is C16H25N3O5. The minimum atomic E-state index is -0.802. The van der Waals surface area contributed by atoms with Gasteiger partial charge in [0.2, 0.25) is 5.91 Å². The molecule has 24 heavy (non-hydrogen) atoms. The zero-order valence-corrected chi connectivity index (χ0v) is 14.3. The van der Waals surface area contributed by atoms with Crippen LogP contribution in [0.1, 0.15) is 26.2 Å². The van der Waals surface area contributed by atoms with Gasteiger partial charge in [0.1, 0.15) is 5.92 Å². The summed E-state index contributed by atoms with van der Waals surface area (Å²) in [4.78, 5) is 53.1. The molecule has 2 aliphatic heterocycles. The number of likely N-dealkylation sites (tertiary alicyclic amines) is 1. The van der Waals surface area contributed by atoms with Crippen LogP contribution in [0.5, 0.6) is 0 Å². The molecule has 0 aromatic carbocycles. The summed E-state index contributed by atoms with van der Waals surface area (Å²) < 4.78 is 4.66. The number of ether oxygens (including phenoxy) is 1. The molecule has 2 rings (SSSR count). The number of hydrogen-bond acceptors (Lipinski definition) is 5. The fourth-order valence-corrected chi connectivity index (χ4v) is 3.13. The molecule has 1 atom stereocenters. The molecule has 8 nitrogen and oxygen atoms in total. The van der Waals surface area contributed by atoms with E-state index in [9.17, 15) is 19.2 Å². The first-order chi connectivity index (χ1) is 11.5. The van der Waals surface area contributed by atoms with Gasteiger partial charge in [-0.2, -0.15) is 0 Å². The predicted molar refractivity (Wildman–Crippen MR) is 84.8 cm³/mol. The summed E-state index contributed by atoms with van der Waals surface area (Å²) in [6.45, 7) is 4.30. The maximum absolute atomic E-state index is 12.4. The summed E-state index contributed by atoms with van der Waals surface area (Å²) in [7, 11) is 1.26. The smallest absolute Gasteiger partial charge is 0.318 e. The Hall–Kier alpha value is -2.12. The van der Waals surface area contributed by atoms with Crippen molar-refractivity contribution in [3.05, 3.63) is 0 Å². The molecule has 8 heteroatoms. The van der Waals surface area contributed by atoms with E-state index in [1.165, 1.54) is 12.0 Å². The van der Waals surface area contributed by atoms with Crippen molar-refractivity contribution in [3.8, 4) is 0 Å². The highest BCUT2D eigenvalue weighted by Gasteiger charge is 2.35. The van der Waals surface area contributed by atoms with E-state index in [0.717, 1.165) is 12.8 Å². The van der Waals surface area contributed by atoms with Crippen LogP contribution in [0.15, 0.2) is 0 Å². The summed E-state index contributed by atoms with van der Waals surface area (Å²) in [5, 5.41) is 0. The van der Waals surface area contributed by atoms with Crippen molar-refractivity contribution >= 4 is 23.7 Å². The Bertz CT molecular complexity index is 508. The first-order valence-electron chi connectivity index (χ1n) is 8.44. The second-order valence-electron chi connectivity index (χ2n) is 6.10. The van der Waals surface area contributed by atoms with E-state index in [1.54, 1.807) is 16.7 Å². The molecule has 2 aliphatic rings. The molecule has 0 aromatic heterocycles. The Morgan fingerprint density at radius 1 is 0.833 bits per heavy atom. The Labute approximate surface area is 141 Å². The highest BCUT2D eigenvalue weighted by molar-refractivity contribution is 6.35. The molecule has 134 valence electrons. The molecule has 0 radical (unpaired) electrons. The fourth-order valence-electron chi connectivity index (χ4n) is 3.13. The lowest BCUT2D eigenvalue weighted by atomic mass is 10.0. The van der Waals surface area contributed by atoms with Crippen molar-refractivity contribution in [2.75, 3.05) is 46.4 Å². The Morgan fingerprint density at radius 3 is 1.75 bits per heavy atom. The maximum Gasteiger partial charge on any atom is 0.318 e. The van der Waals surface area contributed by atoms with Gasteiger partial charge in [0.15, 0.2) is 0 Å². The van der Waals surface area contributed by atoms with Crippen LogP contribution in [0.4, 0.5) is 0 Å². The van der Waals surface area contributed by atoms with Gasteiger partial charge >= 0.3 is 17.8 Å². The lowest BCUT2D eigenvalue weighted by molar-refractivity contribution is -0.157. The molecule has 2 saturated heterocycles. The van der Waals surface area contributed by atoms with Crippen LogP contribution in [0.3, 0.4) is 0 Å². The normalized spacial score (nSPS) is 19.2. The molecule has 0 spiro atoms. The van der Waals surface area contributed by atoms with Crippen LogP contribution < -0.4 is 0 Å². The standard InChI is InChI=1S/C16H25N3O5/c1-3-12(16(23)24-2)13(20)18-8-10-19(11-9-18)15(22)14(21)17-6-4-5-7-17/h12H,3-11H2,1-2H3/t12-/m1/s1. The third-order valence-corrected chi connectivity index (χ3v) is 4.65. The quantitative estimate of drug-likeness (QED) is 0.392. The lowest BCUT2D eigenvalue weighted by Crippen LogP contribution is -2.55. The second kappa shape index (κ2) is 8.12. The van der Waals surface area contributed by atoms with Gasteiger partial charge < -0.3 is 19.4 Å². The molecule has 0 bridgehead atoms. The van der Waals surface area contributed by atoms with Crippen molar-refractivity contribution in [1.82, 2.24) is 14.7 Å². The Morgan fingerprint density at radius 2 is 1.29 bits per heavy atom. The van der Waals surface area contributed by atoms with E-state index in [4.69, 9.17) is 0 Å². The Balaban J connectivity index is 1.88. The monoisotopic (exact) mass is 339 g/mol. The second-order valence-corrected chi connectivity index (χ2v) is 6.10. The molecule has 0 saturated carbocycles. The van der Waals surface area contributed by atoms with Crippen LogP contribution in [0.2, 0.25) is 0 Å². The lowest BCUT2D eigenvalue weighted by Gasteiger charge is -2.36. The van der Waals surface area contributed by atoms with Crippen LogP contribution >= 0.6 is 0 Å². The SMILES string of the molecule is CC[C@@H](C(=O)OC)C(=O)N1CCN(C(=O)C(=O)N2CCCC2)CC1. The van der Waals surface area contributed by atoms with Gasteiger partial charge in [-0.25, -0.2) is 0 Å². The van der Waals surface area contributed by atoms with E-state index in [1.807, 2.05) is 0 Å². The summed E-state index contributed by atoms with van der Waals surface area (Å²) in [6, 6.07) is 0. The van der Waals surface area contributed by atoms with E-state index >= 15 is 0 Å². The largest absolute Gasteiger partial charge is 0.468 e. The van der Waals surface area contributed by atoms with Gasteiger partial charge in [-0.1, -0.05) is 6.92 Å². The van der Waals surface area contributed by atoms with Crippen molar-refractivity contribution in [2.24, 2.45) is 5.92 Å². The Kier molecular flexibility index (Phi) is 6.16. The van der Waals surface area contributed by atoms with Crippen LogP contribution in [-0.2, 0) is 23.9 Å². The number of methoxy groups -OCH3 is 1. The number of nitrogens with zero attached hydrogens (tertiary/aromatic N) is 3. The van der Waals surface area contributed by atoms with Crippen LogP contribution in [0, 0.1) is 5.92 Å². The summed E-state index contributed by atoms with van der Waals surface area (Å²) in [5.74, 6) is -2.56. The molecule has 2 fully saturated rings. The van der Waals surface area contributed by atoms with Gasteiger partial charge in [-0.15, -0.1) is 0 Å². The molecule has 0 unspecified atom stereocenters. The van der Waals surface area contributed by atoms with Gasteiger partial charge in [-0.05, 0) is 19.3 Å². The highest BCUT2D eigenvalue weighted by atomic mass is 16.5. The number of amides is 3. The van der Waals surface area contributed by atoms with E-state index in [0.29, 0.717) is 45.7 Å². The fraction of sp³-hybridized carbons (Fsp3) is 0.750. The van der Waals surface area contributed by atoms with Crippen molar-refractivity contribution in [2.45, 2.75) is 26.2 Å². The first-order valence-corrected chi connectivity index (χ1v) is 8.44. The zero-order valence-electron chi connectivity index (χ0n) is 14.3. The molecular weight excluding hydrogens is 314 g/mol.